The van der Waals surface area contributed by atoms with Gasteiger partial charge in [-0.05, 0) is 25.1 Å². The number of nitrogens with one attached hydrogen (secondary N) is 1. The average Bonchev–Trinajstić information content (AvgIpc) is 2.25. The lowest BCUT2D eigenvalue weighted by atomic mass is 10.1. The van der Waals surface area contributed by atoms with Crippen LogP contribution in [0.15, 0.2) is 18.2 Å². The van der Waals surface area contributed by atoms with Gasteiger partial charge in [-0.3, -0.25) is 4.79 Å². The number of carboxylic acids is 1. The molecule has 1 heterocycles. The minimum Gasteiger partial charge on any atom is -0.478 e. The maximum Gasteiger partial charge on any atom is 0.335 e. The third kappa shape index (κ3) is 1.50. The second kappa shape index (κ2) is 3.52. The number of aromatic carboxylic acids is 1. The standard InChI is InChI=1S/C11H12N2O3/c1-6-10(14)13(2)9-5-7(11(15)16)3-4-8(9)12-6/h3-6,12H,1-2H3,(H,15,16). The number of hydrogen-bond donors (Lipinski definition) is 2. The zero-order chi connectivity index (χ0) is 11.9. The first-order valence-electron chi connectivity index (χ1n) is 4.92. The number of likely N-dealkylation sites (N-methyl/N-ethyl adjacent to an activating group) is 1. The molecule has 2 N–H and O–H groups in total. The second-order valence-corrected chi connectivity index (χ2v) is 3.80. The van der Waals surface area contributed by atoms with Crippen molar-refractivity contribution < 1.29 is 14.7 Å². The summed E-state index contributed by atoms with van der Waals surface area (Å²) in [6, 6.07) is 4.41. The summed E-state index contributed by atoms with van der Waals surface area (Å²) in [5.74, 6) is -1.07. The van der Waals surface area contributed by atoms with E-state index in [2.05, 4.69) is 5.32 Å². The smallest absolute Gasteiger partial charge is 0.335 e. The Balaban J connectivity index is 2.50. The topological polar surface area (TPSA) is 69.6 Å². The fraction of sp³-hybridized carbons (Fsp3) is 0.273. The Morgan fingerprint density at radius 1 is 1.50 bits per heavy atom. The van der Waals surface area contributed by atoms with Gasteiger partial charge in [-0.15, -0.1) is 0 Å². The van der Waals surface area contributed by atoms with Crippen LogP contribution in [0.2, 0.25) is 0 Å². The highest BCUT2D eigenvalue weighted by molar-refractivity contribution is 6.05. The number of carbonyl (C=O) groups is 2. The van der Waals surface area contributed by atoms with Gasteiger partial charge in [0.2, 0.25) is 5.91 Å². The summed E-state index contributed by atoms with van der Waals surface area (Å²) < 4.78 is 0. The van der Waals surface area contributed by atoms with Crippen molar-refractivity contribution in [3.8, 4) is 0 Å². The predicted molar refractivity (Wildman–Crippen MR) is 59.9 cm³/mol. The fourth-order valence-electron chi connectivity index (χ4n) is 1.77. The van der Waals surface area contributed by atoms with Crippen LogP contribution < -0.4 is 10.2 Å². The molecule has 1 aromatic rings. The molecule has 0 fully saturated rings. The molecular weight excluding hydrogens is 208 g/mol. The summed E-state index contributed by atoms with van der Waals surface area (Å²) in [5.41, 5.74) is 1.55. The van der Waals surface area contributed by atoms with Gasteiger partial charge >= 0.3 is 5.97 Å². The lowest BCUT2D eigenvalue weighted by Gasteiger charge is -2.31. The van der Waals surface area contributed by atoms with E-state index in [0.29, 0.717) is 5.69 Å². The normalized spacial score (nSPS) is 19.0. The van der Waals surface area contributed by atoms with Crippen molar-refractivity contribution in [2.75, 3.05) is 17.3 Å². The Morgan fingerprint density at radius 3 is 2.81 bits per heavy atom. The van der Waals surface area contributed by atoms with Crippen molar-refractivity contribution >= 4 is 23.3 Å². The molecule has 16 heavy (non-hydrogen) atoms. The number of hydrogen-bond acceptors (Lipinski definition) is 3. The molecule has 0 aliphatic carbocycles. The quantitative estimate of drug-likeness (QED) is 0.745. The number of carboxylic acid groups (broad SMARTS) is 1. The van der Waals surface area contributed by atoms with Crippen LogP contribution in [0.3, 0.4) is 0 Å². The molecule has 0 bridgehead atoms. The Labute approximate surface area is 92.7 Å². The largest absolute Gasteiger partial charge is 0.478 e. The van der Waals surface area contributed by atoms with E-state index in [9.17, 15) is 9.59 Å². The van der Waals surface area contributed by atoms with Crippen LogP contribution in [0.5, 0.6) is 0 Å². The van der Waals surface area contributed by atoms with Gasteiger partial charge < -0.3 is 15.3 Å². The van der Waals surface area contributed by atoms with Crippen molar-refractivity contribution in [1.29, 1.82) is 0 Å². The molecule has 1 amide bonds. The van der Waals surface area contributed by atoms with E-state index < -0.39 is 5.97 Å². The number of nitrogens with zero attached hydrogens (tertiary/aromatic N) is 1. The van der Waals surface area contributed by atoms with Crippen LogP contribution in [-0.4, -0.2) is 30.1 Å². The van der Waals surface area contributed by atoms with Crippen molar-refractivity contribution in [3.63, 3.8) is 0 Å². The molecule has 0 radical (unpaired) electrons. The van der Waals surface area contributed by atoms with E-state index >= 15 is 0 Å². The van der Waals surface area contributed by atoms with Gasteiger partial charge in [0, 0.05) is 7.05 Å². The maximum atomic E-state index is 11.7. The molecule has 0 saturated heterocycles. The molecule has 1 unspecified atom stereocenters. The summed E-state index contributed by atoms with van der Waals surface area (Å²) in [4.78, 5) is 24.0. The van der Waals surface area contributed by atoms with E-state index in [-0.39, 0.29) is 17.5 Å². The van der Waals surface area contributed by atoms with Crippen LogP contribution >= 0.6 is 0 Å². The van der Waals surface area contributed by atoms with Gasteiger partial charge in [0.05, 0.1) is 16.9 Å². The van der Waals surface area contributed by atoms with E-state index in [4.69, 9.17) is 5.11 Å². The van der Waals surface area contributed by atoms with Crippen molar-refractivity contribution in [1.82, 2.24) is 0 Å². The molecule has 0 saturated carbocycles. The molecule has 1 atom stereocenters. The van der Waals surface area contributed by atoms with Gasteiger partial charge in [0.15, 0.2) is 0 Å². The second-order valence-electron chi connectivity index (χ2n) is 3.80. The van der Waals surface area contributed by atoms with E-state index in [1.165, 1.54) is 17.0 Å². The molecule has 5 nitrogen and oxygen atoms in total. The van der Waals surface area contributed by atoms with Crippen LogP contribution in [0, 0.1) is 0 Å². The van der Waals surface area contributed by atoms with Gasteiger partial charge in [0.25, 0.3) is 0 Å². The number of anilines is 2. The minimum absolute atomic E-state index is 0.0740. The highest BCUT2D eigenvalue weighted by atomic mass is 16.4. The zero-order valence-electron chi connectivity index (χ0n) is 9.02. The molecule has 2 rings (SSSR count). The molecule has 1 aliphatic heterocycles. The summed E-state index contributed by atoms with van der Waals surface area (Å²) in [5, 5.41) is 11.9. The van der Waals surface area contributed by atoms with E-state index in [0.717, 1.165) is 5.69 Å². The van der Waals surface area contributed by atoms with Crippen molar-refractivity contribution in [2.24, 2.45) is 0 Å². The van der Waals surface area contributed by atoms with Crippen molar-refractivity contribution in [3.05, 3.63) is 23.8 Å². The Kier molecular flexibility index (Phi) is 2.30. The summed E-state index contributed by atoms with van der Waals surface area (Å²) in [6.45, 7) is 1.77. The van der Waals surface area contributed by atoms with E-state index in [1.807, 2.05) is 0 Å². The Morgan fingerprint density at radius 2 is 2.19 bits per heavy atom. The minimum atomic E-state index is -0.998. The highest BCUT2D eigenvalue weighted by Gasteiger charge is 2.27. The van der Waals surface area contributed by atoms with Crippen LogP contribution in [0.1, 0.15) is 17.3 Å². The lowest BCUT2D eigenvalue weighted by Crippen LogP contribution is -2.43. The monoisotopic (exact) mass is 220 g/mol. The van der Waals surface area contributed by atoms with Crippen LogP contribution in [-0.2, 0) is 4.79 Å². The SMILES string of the molecule is CC1Nc2ccc(C(=O)O)cc2N(C)C1=O. The number of carbonyl (C=O) groups excluding carboxylic acids is 1. The first-order chi connectivity index (χ1) is 7.50. The van der Waals surface area contributed by atoms with Crippen LogP contribution in [0.4, 0.5) is 11.4 Å². The fourth-order valence-corrected chi connectivity index (χ4v) is 1.77. The molecule has 84 valence electrons. The molecular formula is C11H12N2O3. The first kappa shape index (κ1) is 10.5. The predicted octanol–water partition coefficient (Wildman–Crippen LogP) is 1.16. The molecule has 0 aromatic heterocycles. The summed E-state index contributed by atoms with van der Waals surface area (Å²) >= 11 is 0. The third-order valence-corrected chi connectivity index (χ3v) is 2.68. The first-order valence-corrected chi connectivity index (χ1v) is 4.92. The number of rotatable bonds is 1. The van der Waals surface area contributed by atoms with Crippen LogP contribution in [0.25, 0.3) is 0 Å². The molecule has 1 aliphatic rings. The summed E-state index contributed by atoms with van der Waals surface area (Å²) in [6.07, 6.45) is 0. The highest BCUT2D eigenvalue weighted by Crippen LogP contribution is 2.31. The van der Waals surface area contributed by atoms with E-state index in [1.54, 1.807) is 20.0 Å². The molecule has 5 heteroatoms. The van der Waals surface area contributed by atoms with Crippen molar-refractivity contribution in [2.45, 2.75) is 13.0 Å². The number of benzene rings is 1. The summed E-state index contributed by atoms with van der Waals surface area (Å²) in [7, 11) is 1.64. The average molecular weight is 220 g/mol. The lowest BCUT2D eigenvalue weighted by molar-refractivity contribution is -0.118. The molecule has 0 spiro atoms. The number of fused-ring (bicyclic) bond motifs is 1. The zero-order valence-corrected chi connectivity index (χ0v) is 9.02. The Hall–Kier alpha value is -2.04. The van der Waals surface area contributed by atoms with Gasteiger partial charge in [-0.25, -0.2) is 4.79 Å². The maximum absolute atomic E-state index is 11.7. The van der Waals surface area contributed by atoms with Gasteiger partial charge in [-0.1, -0.05) is 0 Å². The molecule has 1 aromatic carbocycles. The number of amides is 1. The van der Waals surface area contributed by atoms with Gasteiger partial charge in [-0.2, -0.15) is 0 Å². The third-order valence-electron chi connectivity index (χ3n) is 2.68. The Bertz CT molecular complexity index is 470. The van der Waals surface area contributed by atoms with Gasteiger partial charge in [0.1, 0.15) is 6.04 Å².